The van der Waals surface area contributed by atoms with Gasteiger partial charge in [-0.15, -0.1) is 0 Å². The molecule has 5 nitrogen and oxygen atoms in total. The van der Waals surface area contributed by atoms with Gasteiger partial charge in [0.15, 0.2) is 0 Å². The molecule has 2 amide bonds. The molecule has 1 fully saturated rings. The number of aliphatic hydroxyl groups excluding tert-OH is 1. The van der Waals surface area contributed by atoms with Crippen LogP contribution in [-0.2, 0) is 0 Å². The quantitative estimate of drug-likeness (QED) is 0.843. The highest BCUT2D eigenvalue weighted by Gasteiger charge is 2.25. The number of carbonyl (C=O) groups excluding carboxylic acids is 1. The second-order valence-corrected chi connectivity index (χ2v) is 6.47. The zero-order valence-electron chi connectivity index (χ0n) is 13.8. The predicted octanol–water partition coefficient (Wildman–Crippen LogP) is 4.51. The Balaban J connectivity index is 1.60. The van der Waals surface area contributed by atoms with Gasteiger partial charge in [-0.2, -0.15) is 0 Å². The van der Waals surface area contributed by atoms with Gasteiger partial charge >= 0.3 is 6.03 Å². The Morgan fingerprint density at radius 1 is 1.12 bits per heavy atom. The molecular formula is C19H21ClN2O3. The van der Waals surface area contributed by atoms with E-state index in [1.54, 1.807) is 53.4 Å². The van der Waals surface area contributed by atoms with E-state index in [0.29, 0.717) is 28.8 Å². The molecule has 1 heterocycles. The van der Waals surface area contributed by atoms with E-state index in [2.05, 4.69) is 5.32 Å². The molecular weight excluding hydrogens is 340 g/mol. The standard InChI is InChI=1S/C19H21ClN2O3/c20-14-4-8-17(9-5-14)25-18-10-6-15(7-11-18)21-19(24)22-12-2-1-3-16(22)13-23/h4-11,16,23H,1-3,12-13H2,(H,21,24)/t16-/m1/s1. The lowest BCUT2D eigenvalue weighted by Crippen LogP contribution is -2.47. The number of nitrogens with one attached hydrogen (secondary N) is 1. The first-order valence-corrected chi connectivity index (χ1v) is 8.75. The number of urea groups is 1. The van der Waals surface area contributed by atoms with Crippen LogP contribution in [0.5, 0.6) is 11.5 Å². The first-order valence-electron chi connectivity index (χ1n) is 8.37. The third kappa shape index (κ3) is 4.65. The number of hydrogen-bond donors (Lipinski definition) is 2. The number of anilines is 1. The summed E-state index contributed by atoms with van der Waals surface area (Å²) >= 11 is 5.85. The summed E-state index contributed by atoms with van der Waals surface area (Å²) in [5.74, 6) is 1.37. The van der Waals surface area contributed by atoms with Crippen molar-refractivity contribution in [2.24, 2.45) is 0 Å². The molecule has 1 saturated heterocycles. The Morgan fingerprint density at radius 3 is 2.40 bits per heavy atom. The molecule has 0 spiro atoms. The normalized spacial score (nSPS) is 17.2. The van der Waals surface area contributed by atoms with Gasteiger partial charge in [-0.1, -0.05) is 11.6 Å². The van der Waals surface area contributed by atoms with Crippen molar-refractivity contribution >= 4 is 23.3 Å². The molecule has 2 aromatic carbocycles. The van der Waals surface area contributed by atoms with Crippen molar-refractivity contribution in [1.82, 2.24) is 4.90 Å². The summed E-state index contributed by atoms with van der Waals surface area (Å²) in [7, 11) is 0. The smallest absolute Gasteiger partial charge is 0.322 e. The van der Waals surface area contributed by atoms with E-state index in [4.69, 9.17) is 16.3 Å². The number of amides is 2. The number of carbonyl (C=O) groups is 1. The lowest BCUT2D eigenvalue weighted by atomic mass is 10.0. The molecule has 0 radical (unpaired) electrons. The van der Waals surface area contributed by atoms with Crippen molar-refractivity contribution in [3.63, 3.8) is 0 Å². The van der Waals surface area contributed by atoms with Crippen LogP contribution in [0.3, 0.4) is 0 Å². The van der Waals surface area contributed by atoms with E-state index >= 15 is 0 Å². The number of piperidine rings is 1. The summed E-state index contributed by atoms with van der Waals surface area (Å²) in [5, 5.41) is 13.0. The predicted molar refractivity (Wildman–Crippen MR) is 98.4 cm³/mol. The van der Waals surface area contributed by atoms with Gasteiger partial charge in [0, 0.05) is 17.3 Å². The minimum Gasteiger partial charge on any atom is -0.457 e. The van der Waals surface area contributed by atoms with Crippen LogP contribution in [0.25, 0.3) is 0 Å². The van der Waals surface area contributed by atoms with Gasteiger partial charge in [0.1, 0.15) is 11.5 Å². The summed E-state index contributed by atoms with van der Waals surface area (Å²) in [5.41, 5.74) is 0.690. The highest BCUT2D eigenvalue weighted by molar-refractivity contribution is 6.30. The van der Waals surface area contributed by atoms with Crippen LogP contribution in [0.15, 0.2) is 48.5 Å². The molecule has 3 rings (SSSR count). The van der Waals surface area contributed by atoms with Crippen molar-refractivity contribution in [1.29, 1.82) is 0 Å². The van der Waals surface area contributed by atoms with Gasteiger partial charge < -0.3 is 20.1 Å². The number of hydrogen-bond acceptors (Lipinski definition) is 3. The van der Waals surface area contributed by atoms with Crippen molar-refractivity contribution in [3.8, 4) is 11.5 Å². The largest absolute Gasteiger partial charge is 0.457 e. The van der Waals surface area contributed by atoms with Gasteiger partial charge in [-0.05, 0) is 67.8 Å². The monoisotopic (exact) mass is 360 g/mol. The van der Waals surface area contributed by atoms with Gasteiger partial charge in [-0.3, -0.25) is 0 Å². The van der Waals surface area contributed by atoms with Crippen molar-refractivity contribution < 1.29 is 14.6 Å². The average molecular weight is 361 g/mol. The molecule has 1 aliphatic rings. The van der Waals surface area contributed by atoms with Gasteiger partial charge in [0.05, 0.1) is 12.6 Å². The van der Waals surface area contributed by atoms with Gasteiger partial charge in [-0.25, -0.2) is 4.79 Å². The second kappa shape index (κ2) is 8.23. The molecule has 132 valence electrons. The van der Waals surface area contributed by atoms with Crippen LogP contribution in [-0.4, -0.2) is 35.2 Å². The molecule has 0 aliphatic carbocycles. The highest BCUT2D eigenvalue weighted by Crippen LogP contribution is 2.25. The minimum absolute atomic E-state index is 0.00128. The summed E-state index contributed by atoms with van der Waals surface area (Å²) in [6.45, 7) is 0.677. The maximum Gasteiger partial charge on any atom is 0.322 e. The van der Waals surface area contributed by atoms with E-state index in [0.717, 1.165) is 19.3 Å². The van der Waals surface area contributed by atoms with Crippen LogP contribution in [0, 0.1) is 0 Å². The van der Waals surface area contributed by atoms with Crippen LogP contribution >= 0.6 is 11.6 Å². The van der Waals surface area contributed by atoms with Crippen LogP contribution in [0.4, 0.5) is 10.5 Å². The zero-order chi connectivity index (χ0) is 17.6. The minimum atomic E-state index is -0.176. The molecule has 1 atom stereocenters. The van der Waals surface area contributed by atoms with Crippen molar-refractivity contribution in [2.45, 2.75) is 25.3 Å². The summed E-state index contributed by atoms with van der Waals surface area (Å²) in [6, 6.07) is 14.0. The number of aliphatic hydroxyl groups is 1. The molecule has 2 aromatic rings. The Hall–Kier alpha value is -2.24. The lowest BCUT2D eigenvalue weighted by molar-refractivity contribution is 0.115. The maximum atomic E-state index is 12.4. The van der Waals surface area contributed by atoms with E-state index in [1.807, 2.05) is 0 Å². The first kappa shape index (κ1) is 17.6. The highest BCUT2D eigenvalue weighted by atomic mass is 35.5. The molecule has 6 heteroatoms. The third-order valence-electron chi connectivity index (χ3n) is 4.25. The molecule has 0 aromatic heterocycles. The Bertz CT molecular complexity index is 704. The van der Waals surface area contributed by atoms with Crippen molar-refractivity contribution in [2.75, 3.05) is 18.5 Å². The molecule has 25 heavy (non-hydrogen) atoms. The SMILES string of the molecule is O=C(Nc1ccc(Oc2ccc(Cl)cc2)cc1)N1CCCC[C@@H]1CO. The topological polar surface area (TPSA) is 61.8 Å². The molecule has 0 saturated carbocycles. The molecule has 2 N–H and O–H groups in total. The average Bonchev–Trinajstić information content (AvgIpc) is 2.65. The fraction of sp³-hybridized carbons (Fsp3) is 0.316. The fourth-order valence-electron chi connectivity index (χ4n) is 2.90. The molecule has 0 bridgehead atoms. The lowest BCUT2D eigenvalue weighted by Gasteiger charge is -2.34. The number of rotatable bonds is 4. The number of nitrogens with zero attached hydrogens (tertiary/aromatic N) is 1. The van der Waals surface area contributed by atoms with Gasteiger partial charge in [0.25, 0.3) is 0 Å². The zero-order valence-corrected chi connectivity index (χ0v) is 14.6. The third-order valence-corrected chi connectivity index (χ3v) is 4.51. The first-order chi connectivity index (χ1) is 12.2. The van der Waals surface area contributed by atoms with Crippen LogP contribution in [0.1, 0.15) is 19.3 Å². The Morgan fingerprint density at radius 2 is 1.76 bits per heavy atom. The summed E-state index contributed by atoms with van der Waals surface area (Å²) < 4.78 is 5.73. The second-order valence-electron chi connectivity index (χ2n) is 6.04. The molecule has 1 aliphatic heterocycles. The number of halogens is 1. The van der Waals surface area contributed by atoms with Crippen molar-refractivity contribution in [3.05, 3.63) is 53.6 Å². The Kier molecular flexibility index (Phi) is 5.79. The van der Waals surface area contributed by atoms with E-state index in [-0.39, 0.29) is 18.7 Å². The molecule has 0 unspecified atom stereocenters. The maximum absolute atomic E-state index is 12.4. The van der Waals surface area contributed by atoms with Crippen LogP contribution in [0.2, 0.25) is 5.02 Å². The number of likely N-dealkylation sites (tertiary alicyclic amines) is 1. The summed E-state index contributed by atoms with van der Waals surface area (Å²) in [4.78, 5) is 14.1. The summed E-state index contributed by atoms with van der Waals surface area (Å²) in [6.07, 6.45) is 2.86. The van der Waals surface area contributed by atoms with E-state index < -0.39 is 0 Å². The van der Waals surface area contributed by atoms with Crippen LogP contribution < -0.4 is 10.1 Å². The fourth-order valence-corrected chi connectivity index (χ4v) is 3.02. The Labute approximate surface area is 152 Å². The van der Waals surface area contributed by atoms with E-state index in [9.17, 15) is 9.90 Å². The van der Waals surface area contributed by atoms with E-state index in [1.165, 1.54) is 0 Å². The number of benzene rings is 2. The van der Waals surface area contributed by atoms with Gasteiger partial charge in [0.2, 0.25) is 0 Å². The number of ether oxygens (including phenoxy) is 1.